The molecule has 0 bridgehead atoms. The molecule has 8 nitrogen and oxygen atoms in total. The van der Waals surface area contributed by atoms with Crippen LogP contribution in [0, 0.1) is 0 Å². The maximum Gasteiger partial charge on any atom is 0.264 e. The van der Waals surface area contributed by atoms with Gasteiger partial charge in [0.1, 0.15) is 18.3 Å². The number of halogens is 2. The summed E-state index contributed by atoms with van der Waals surface area (Å²) in [7, 11) is -2.70. The number of sulfonamides is 1. The van der Waals surface area contributed by atoms with E-state index in [0.29, 0.717) is 21.4 Å². The topological polar surface area (TPSA) is 96.0 Å². The van der Waals surface area contributed by atoms with E-state index in [-0.39, 0.29) is 35.5 Å². The molecule has 4 aromatic carbocycles. The Morgan fingerprint density at radius 1 is 0.822 bits per heavy atom. The third-order valence-electron chi connectivity index (χ3n) is 7.01. The molecule has 4 aromatic rings. The van der Waals surface area contributed by atoms with Gasteiger partial charge in [0.2, 0.25) is 11.8 Å². The second-order valence-corrected chi connectivity index (χ2v) is 13.3. The van der Waals surface area contributed by atoms with Crippen molar-refractivity contribution in [3.8, 4) is 5.75 Å². The first-order valence-corrected chi connectivity index (χ1v) is 16.5. The van der Waals surface area contributed by atoms with Crippen molar-refractivity contribution in [2.75, 3.05) is 18.0 Å². The molecular formula is C34H35Cl2N3O5S. The van der Waals surface area contributed by atoms with Crippen molar-refractivity contribution < 1.29 is 22.7 Å². The van der Waals surface area contributed by atoms with Crippen molar-refractivity contribution in [1.82, 2.24) is 10.2 Å². The zero-order valence-corrected chi connectivity index (χ0v) is 27.5. The highest BCUT2D eigenvalue weighted by molar-refractivity contribution is 7.92. The van der Waals surface area contributed by atoms with Crippen molar-refractivity contribution >= 4 is 50.7 Å². The van der Waals surface area contributed by atoms with Crippen molar-refractivity contribution in [3.63, 3.8) is 0 Å². The van der Waals surface area contributed by atoms with E-state index in [0.717, 1.165) is 9.87 Å². The summed E-state index contributed by atoms with van der Waals surface area (Å²) in [5.41, 5.74) is 1.71. The molecule has 0 aromatic heterocycles. The van der Waals surface area contributed by atoms with E-state index < -0.39 is 28.5 Å². The van der Waals surface area contributed by atoms with Gasteiger partial charge in [0.25, 0.3) is 10.0 Å². The van der Waals surface area contributed by atoms with Crippen molar-refractivity contribution in [2.24, 2.45) is 0 Å². The highest BCUT2D eigenvalue weighted by Crippen LogP contribution is 2.28. The molecule has 236 valence electrons. The standard InChI is InChI=1S/C34H35Cl2N3O5S/c1-24(2)37-34(41)32(21-25-10-6-4-7-11-25)38(22-26-14-19-30(35)31(36)20-26)33(40)23-39(27-15-17-28(44-3)18-16-27)45(42,43)29-12-8-5-9-13-29/h4-20,24,32H,21-23H2,1-3H3,(H,37,41). The molecule has 1 unspecified atom stereocenters. The maximum absolute atomic E-state index is 14.5. The molecule has 4 rings (SSSR count). The number of carbonyl (C=O) groups is 2. The normalized spacial score (nSPS) is 12.0. The van der Waals surface area contributed by atoms with Crippen LogP contribution in [-0.2, 0) is 32.6 Å². The molecular weight excluding hydrogens is 633 g/mol. The van der Waals surface area contributed by atoms with Gasteiger partial charge in [-0.25, -0.2) is 8.42 Å². The van der Waals surface area contributed by atoms with E-state index in [1.807, 2.05) is 44.2 Å². The molecule has 11 heteroatoms. The molecule has 0 heterocycles. The molecule has 1 atom stereocenters. The average Bonchev–Trinajstić information content (AvgIpc) is 3.03. The SMILES string of the molecule is COc1ccc(N(CC(=O)N(Cc2ccc(Cl)c(Cl)c2)C(Cc2ccccc2)C(=O)NC(C)C)S(=O)(=O)c2ccccc2)cc1. The van der Waals surface area contributed by atoms with Crippen LogP contribution in [0.3, 0.4) is 0 Å². The minimum absolute atomic E-state index is 0.0167. The summed E-state index contributed by atoms with van der Waals surface area (Å²) in [5.74, 6) is -0.433. The first-order valence-electron chi connectivity index (χ1n) is 14.3. The summed E-state index contributed by atoms with van der Waals surface area (Å²) >= 11 is 12.5. The van der Waals surface area contributed by atoms with Gasteiger partial charge in [0.05, 0.1) is 27.7 Å². The van der Waals surface area contributed by atoms with Crippen LogP contribution in [0.2, 0.25) is 10.0 Å². The first-order chi connectivity index (χ1) is 21.5. The van der Waals surface area contributed by atoms with Gasteiger partial charge in [0.15, 0.2) is 0 Å². The Bertz CT molecular complexity index is 1700. The second-order valence-electron chi connectivity index (χ2n) is 10.7. The number of anilines is 1. The lowest BCUT2D eigenvalue weighted by molar-refractivity contribution is -0.140. The summed E-state index contributed by atoms with van der Waals surface area (Å²) in [4.78, 5) is 29.6. The molecule has 0 spiro atoms. The van der Waals surface area contributed by atoms with E-state index in [1.54, 1.807) is 60.7 Å². The Labute approximate surface area is 274 Å². The van der Waals surface area contributed by atoms with E-state index >= 15 is 0 Å². The fraction of sp³-hybridized carbons (Fsp3) is 0.235. The Morgan fingerprint density at radius 3 is 2.02 bits per heavy atom. The quantitative estimate of drug-likeness (QED) is 0.179. The van der Waals surface area contributed by atoms with Gasteiger partial charge in [-0.05, 0) is 73.5 Å². The average molecular weight is 669 g/mol. The molecule has 45 heavy (non-hydrogen) atoms. The van der Waals surface area contributed by atoms with Gasteiger partial charge in [-0.15, -0.1) is 0 Å². The Kier molecular flexibility index (Phi) is 11.5. The van der Waals surface area contributed by atoms with Crippen LogP contribution in [0.5, 0.6) is 5.75 Å². The van der Waals surface area contributed by atoms with Gasteiger partial charge in [0, 0.05) is 19.0 Å². The van der Waals surface area contributed by atoms with Crippen LogP contribution in [0.15, 0.2) is 108 Å². The predicted molar refractivity (Wildman–Crippen MR) is 178 cm³/mol. The fourth-order valence-electron chi connectivity index (χ4n) is 4.77. The zero-order valence-electron chi connectivity index (χ0n) is 25.2. The van der Waals surface area contributed by atoms with Crippen LogP contribution < -0.4 is 14.4 Å². The third kappa shape index (κ3) is 8.78. The molecule has 0 radical (unpaired) electrons. The predicted octanol–water partition coefficient (Wildman–Crippen LogP) is 6.36. The van der Waals surface area contributed by atoms with E-state index in [9.17, 15) is 18.0 Å². The van der Waals surface area contributed by atoms with Gasteiger partial charge in [-0.3, -0.25) is 13.9 Å². The monoisotopic (exact) mass is 667 g/mol. The molecule has 0 saturated carbocycles. The minimum Gasteiger partial charge on any atom is -0.497 e. The molecule has 0 aliphatic heterocycles. The lowest BCUT2D eigenvalue weighted by Gasteiger charge is -2.34. The smallest absolute Gasteiger partial charge is 0.264 e. The molecule has 1 N–H and O–H groups in total. The Balaban J connectivity index is 1.81. The largest absolute Gasteiger partial charge is 0.497 e. The third-order valence-corrected chi connectivity index (χ3v) is 9.54. The minimum atomic E-state index is -4.21. The van der Waals surface area contributed by atoms with Crippen molar-refractivity contribution in [1.29, 1.82) is 0 Å². The van der Waals surface area contributed by atoms with Crippen LogP contribution in [-0.4, -0.2) is 50.9 Å². The zero-order chi connectivity index (χ0) is 32.6. The van der Waals surface area contributed by atoms with Crippen molar-refractivity contribution in [3.05, 3.63) is 124 Å². The fourth-order valence-corrected chi connectivity index (χ4v) is 6.52. The van der Waals surface area contributed by atoms with E-state index in [1.165, 1.54) is 24.1 Å². The molecule has 0 aliphatic rings. The number of benzene rings is 4. The van der Waals surface area contributed by atoms with E-state index in [2.05, 4.69) is 5.32 Å². The number of rotatable bonds is 13. The second kappa shape index (κ2) is 15.3. The number of nitrogens with one attached hydrogen (secondary N) is 1. The number of carbonyl (C=O) groups excluding carboxylic acids is 2. The van der Waals surface area contributed by atoms with Gasteiger partial charge < -0.3 is 15.0 Å². The number of amides is 2. The van der Waals surface area contributed by atoms with Crippen LogP contribution in [0.4, 0.5) is 5.69 Å². The Morgan fingerprint density at radius 2 is 1.44 bits per heavy atom. The Hall–Kier alpha value is -4.05. The van der Waals surface area contributed by atoms with E-state index in [4.69, 9.17) is 27.9 Å². The highest BCUT2D eigenvalue weighted by Gasteiger charge is 2.35. The van der Waals surface area contributed by atoms with Crippen LogP contribution >= 0.6 is 23.2 Å². The maximum atomic E-state index is 14.5. The van der Waals surface area contributed by atoms with Crippen molar-refractivity contribution in [2.45, 2.75) is 43.8 Å². The lowest BCUT2D eigenvalue weighted by atomic mass is 10.0. The first kappa shape index (κ1) is 33.8. The molecule has 2 amide bonds. The number of ether oxygens (including phenoxy) is 1. The number of nitrogens with zero attached hydrogens (tertiary/aromatic N) is 2. The summed E-state index contributed by atoms with van der Waals surface area (Å²) < 4.78 is 34.4. The molecule has 0 saturated heterocycles. The molecule has 0 fully saturated rings. The summed E-state index contributed by atoms with van der Waals surface area (Å²) in [6.07, 6.45) is 0.195. The van der Waals surface area contributed by atoms with Gasteiger partial charge in [-0.2, -0.15) is 0 Å². The number of hydrogen-bond acceptors (Lipinski definition) is 5. The lowest BCUT2D eigenvalue weighted by Crippen LogP contribution is -2.54. The van der Waals surface area contributed by atoms with Crippen LogP contribution in [0.1, 0.15) is 25.0 Å². The van der Waals surface area contributed by atoms with Gasteiger partial charge in [-0.1, -0.05) is 77.8 Å². The molecule has 0 aliphatic carbocycles. The van der Waals surface area contributed by atoms with Gasteiger partial charge >= 0.3 is 0 Å². The summed E-state index contributed by atoms with van der Waals surface area (Å²) in [6, 6.07) is 27.4. The highest BCUT2D eigenvalue weighted by atomic mass is 35.5. The summed E-state index contributed by atoms with van der Waals surface area (Å²) in [5, 5.41) is 3.57. The number of methoxy groups -OCH3 is 1. The summed E-state index contributed by atoms with van der Waals surface area (Å²) in [6.45, 7) is 3.06. The van der Waals surface area contributed by atoms with Crippen LogP contribution in [0.25, 0.3) is 0 Å². The number of hydrogen-bond donors (Lipinski definition) is 1.